The Morgan fingerprint density at radius 1 is 1.19 bits per heavy atom. The van der Waals surface area contributed by atoms with E-state index in [1.165, 1.54) is 24.3 Å². The van der Waals surface area contributed by atoms with E-state index in [1.807, 2.05) is 0 Å². The summed E-state index contributed by atoms with van der Waals surface area (Å²) < 4.78 is 0. The topological polar surface area (TPSA) is 88.4 Å². The van der Waals surface area contributed by atoms with Crippen molar-refractivity contribution in [2.24, 2.45) is 0 Å². The van der Waals surface area contributed by atoms with Crippen LogP contribution < -0.4 is 10.2 Å². The number of non-ortho nitro benzene ring substituents is 1. The largest absolute Gasteiger partial charge is 0.327 e. The lowest BCUT2D eigenvalue weighted by Gasteiger charge is -2.33. The molecule has 0 atom stereocenters. The van der Waals surface area contributed by atoms with E-state index in [2.05, 4.69) is 10.3 Å². The molecular weight excluding hydrogens is 356 g/mol. The van der Waals surface area contributed by atoms with E-state index in [-0.39, 0.29) is 17.8 Å². The van der Waals surface area contributed by atoms with Crippen LogP contribution in [0.4, 0.5) is 22.0 Å². The third-order valence-corrected chi connectivity index (χ3v) is 4.68. The third kappa shape index (κ3) is 4.29. The lowest BCUT2D eigenvalue weighted by Crippen LogP contribution is -2.44. The molecule has 0 unspecified atom stereocenters. The Hall–Kier alpha value is -2.67. The van der Waals surface area contributed by atoms with Crippen molar-refractivity contribution in [3.8, 4) is 0 Å². The molecule has 2 aromatic rings. The van der Waals surface area contributed by atoms with Crippen molar-refractivity contribution in [3.05, 3.63) is 57.7 Å². The minimum atomic E-state index is -0.476. The summed E-state index contributed by atoms with van der Waals surface area (Å²) in [6, 6.07) is 8.81. The van der Waals surface area contributed by atoms with Gasteiger partial charge in [0.2, 0.25) is 0 Å². The first-order valence-corrected chi connectivity index (χ1v) is 8.88. The van der Waals surface area contributed by atoms with Gasteiger partial charge in [0.05, 0.1) is 4.92 Å². The fraction of sp³-hybridized carbons (Fsp3) is 0.333. The maximum absolute atomic E-state index is 12.9. The molecule has 1 heterocycles. The van der Waals surface area contributed by atoms with Crippen LogP contribution in [-0.4, -0.2) is 22.0 Å². The third-order valence-electron chi connectivity index (χ3n) is 4.44. The Labute approximate surface area is 156 Å². The van der Waals surface area contributed by atoms with Gasteiger partial charge in [-0.15, -0.1) is 0 Å². The van der Waals surface area contributed by atoms with Crippen LogP contribution in [-0.2, 0) is 0 Å². The summed E-state index contributed by atoms with van der Waals surface area (Å²) in [4.78, 5) is 29.2. The van der Waals surface area contributed by atoms with Crippen LogP contribution in [0.3, 0.4) is 0 Å². The molecule has 1 aromatic carbocycles. The number of carbonyl (C=O) groups is 1. The van der Waals surface area contributed by atoms with Crippen LogP contribution in [0, 0.1) is 10.1 Å². The van der Waals surface area contributed by atoms with Gasteiger partial charge in [-0.25, -0.2) is 9.78 Å². The molecule has 1 aromatic heterocycles. The van der Waals surface area contributed by atoms with E-state index in [4.69, 9.17) is 11.6 Å². The molecule has 1 aliphatic carbocycles. The van der Waals surface area contributed by atoms with Gasteiger partial charge in [-0.2, -0.15) is 0 Å². The molecule has 0 spiro atoms. The second-order valence-corrected chi connectivity index (χ2v) is 6.66. The number of hydrogen-bond donors (Lipinski definition) is 1. The number of hydrogen-bond acceptors (Lipinski definition) is 4. The van der Waals surface area contributed by atoms with Gasteiger partial charge in [0.15, 0.2) is 0 Å². The summed E-state index contributed by atoms with van der Waals surface area (Å²) >= 11 is 6.08. The molecule has 136 valence electrons. The minimum Gasteiger partial charge on any atom is -0.307 e. The highest BCUT2D eigenvalue weighted by molar-refractivity contribution is 6.30. The van der Waals surface area contributed by atoms with E-state index >= 15 is 0 Å². The van der Waals surface area contributed by atoms with Gasteiger partial charge in [0.25, 0.3) is 5.69 Å². The first-order valence-electron chi connectivity index (χ1n) is 8.51. The average Bonchev–Trinajstić information content (AvgIpc) is 2.63. The highest BCUT2D eigenvalue weighted by Gasteiger charge is 2.28. The van der Waals surface area contributed by atoms with Crippen molar-refractivity contribution >= 4 is 34.8 Å². The van der Waals surface area contributed by atoms with E-state index in [0.717, 1.165) is 32.1 Å². The molecule has 0 saturated heterocycles. The van der Waals surface area contributed by atoms with Gasteiger partial charge in [0.1, 0.15) is 5.82 Å². The van der Waals surface area contributed by atoms with Gasteiger partial charge in [0, 0.05) is 35.1 Å². The fourth-order valence-electron chi connectivity index (χ4n) is 3.17. The standard InChI is InChI=1S/C18H19ClN4O3/c19-13-10-11-20-17(12-13)22(15-4-2-1-3-5-15)18(24)21-14-6-8-16(9-7-14)23(25)26/h6-12,15H,1-5H2,(H,21,24). The fourth-order valence-corrected chi connectivity index (χ4v) is 3.33. The van der Waals surface area contributed by atoms with Crippen molar-refractivity contribution in [1.29, 1.82) is 0 Å². The number of rotatable bonds is 4. The predicted molar refractivity (Wildman–Crippen MR) is 101 cm³/mol. The van der Waals surface area contributed by atoms with Crippen LogP contribution >= 0.6 is 11.6 Å². The first kappa shape index (κ1) is 18.1. The van der Waals surface area contributed by atoms with Crippen LogP contribution in [0.2, 0.25) is 5.02 Å². The molecule has 26 heavy (non-hydrogen) atoms. The maximum atomic E-state index is 12.9. The monoisotopic (exact) mass is 374 g/mol. The normalized spacial score (nSPS) is 14.7. The molecule has 0 radical (unpaired) electrons. The second kappa shape index (κ2) is 8.14. The molecule has 1 aliphatic rings. The van der Waals surface area contributed by atoms with Gasteiger partial charge in [-0.05, 0) is 37.1 Å². The number of nitro groups is 1. The van der Waals surface area contributed by atoms with Crippen molar-refractivity contribution in [1.82, 2.24) is 4.98 Å². The summed E-state index contributed by atoms with van der Waals surface area (Å²) in [5.74, 6) is 0.504. The van der Waals surface area contributed by atoms with E-state index < -0.39 is 4.92 Å². The zero-order valence-electron chi connectivity index (χ0n) is 14.1. The molecule has 0 bridgehead atoms. The Bertz CT molecular complexity index is 791. The average molecular weight is 375 g/mol. The zero-order chi connectivity index (χ0) is 18.5. The second-order valence-electron chi connectivity index (χ2n) is 6.23. The van der Waals surface area contributed by atoms with E-state index in [1.54, 1.807) is 23.2 Å². The number of urea groups is 1. The number of carbonyl (C=O) groups excluding carboxylic acids is 1. The molecule has 8 heteroatoms. The number of nitrogens with one attached hydrogen (secondary N) is 1. The SMILES string of the molecule is O=C(Nc1ccc([N+](=O)[O-])cc1)N(c1cc(Cl)ccn1)C1CCCCC1. The number of anilines is 2. The Balaban J connectivity index is 1.83. The van der Waals surface area contributed by atoms with Crippen LogP contribution in [0.1, 0.15) is 32.1 Å². The summed E-state index contributed by atoms with van der Waals surface area (Å²) in [6.07, 6.45) is 6.67. The molecule has 1 fully saturated rings. The smallest absolute Gasteiger partial charge is 0.307 e. The minimum absolute atomic E-state index is 0.0244. The van der Waals surface area contributed by atoms with Crippen molar-refractivity contribution in [2.75, 3.05) is 10.2 Å². The molecule has 2 amide bonds. The number of amides is 2. The molecule has 3 rings (SSSR count). The van der Waals surface area contributed by atoms with Crippen molar-refractivity contribution < 1.29 is 9.72 Å². The summed E-state index contributed by atoms with van der Waals surface area (Å²) in [5, 5.41) is 14.1. The van der Waals surface area contributed by atoms with Gasteiger partial charge < -0.3 is 5.32 Å². The van der Waals surface area contributed by atoms with Crippen LogP contribution in [0.25, 0.3) is 0 Å². The molecule has 1 N–H and O–H groups in total. The number of pyridine rings is 1. The number of aromatic nitrogens is 1. The zero-order valence-corrected chi connectivity index (χ0v) is 14.9. The Morgan fingerprint density at radius 2 is 1.88 bits per heavy atom. The number of nitrogens with zero attached hydrogens (tertiary/aromatic N) is 3. The van der Waals surface area contributed by atoms with E-state index in [9.17, 15) is 14.9 Å². The first-order chi connectivity index (χ1) is 12.5. The summed E-state index contributed by atoms with van der Waals surface area (Å²) in [5.41, 5.74) is 0.465. The Morgan fingerprint density at radius 3 is 2.50 bits per heavy atom. The number of halogens is 1. The van der Waals surface area contributed by atoms with E-state index in [0.29, 0.717) is 16.5 Å². The van der Waals surface area contributed by atoms with Crippen molar-refractivity contribution in [3.63, 3.8) is 0 Å². The quantitative estimate of drug-likeness (QED) is 0.601. The highest BCUT2D eigenvalue weighted by Crippen LogP contribution is 2.28. The van der Waals surface area contributed by atoms with Crippen molar-refractivity contribution in [2.45, 2.75) is 38.1 Å². The summed E-state index contributed by atoms with van der Waals surface area (Å²) in [6.45, 7) is 0. The summed E-state index contributed by atoms with van der Waals surface area (Å²) in [7, 11) is 0. The number of benzene rings is 1. The van der Waals surface area contributed by atoms with Crippen LogP contribution in [0.5, 0.6) is 0 Å². The lowest BCUT2D eigenvalue weighted by atomic mass is 9.94. The van der Waals surface area contributed by atoms with Crippen LogP contribution in [0.15, 0.2) is 42.6 Å². The Kier molecular flexibility index (Phi) is 5.68. The molecule has 7 nitrogen and oxygen atoms in total. The highest BCUT2D eigenvalue weighted by atomic mass is 35.5. The van der Waals surface area contributed by atoms with Gasteiger partial charge in [-0.1, -0.05) is 30.9 Å². The lowest BCUT2D eigenvalue weighted by molar-refractivity contribution is -0.384. The predicted octanol–water partition coefficient (Wildman–Crippen LogP) is 5.01. The maximum Gasteiger partial charge on any atom is 0.327 e. The molecule has 1 saturated carbocycles. The van der Waals surface area contributed by atoms with Gasteiger partial charge >= 0.3 is 6.03 Å². The molecular formula is C18H19ClN4O3. The molecule has 0 aliphatic heterocycles. The number of nitro benzene ring substituents is 1. The van der Waals surface area contributed by atoms with Gasteiger partial charge in [-0.3, -0.25) is 15.0 Å².